The van der Waals surface area contributed by atoms with Gasteiger partial charge in [0.15, 0.2) is 0 Å². The van der Waals surface area contributed by atoms with Crippen molar-refractivity contribution in [1.29, 1.82) is 0 Å². The Labute approximate surface area is 117 Å². The molecule has 3 rings (SSSR count). The first-order valence-electron chi connectivity index (χ1n) is 6.36. The molecule has 94 valence electrons. The van der Waals surface area contributed by atoms with Gasteiger partial charge in [0, 0.05) is 11.1 Å². The fraction of sp³-hybridized carbons (Fsp3) is 0.118. The minimum Gasteiger partial charge on any atom is -0.241 e. The Hall–Kier alpha value is -1.80. The molecule has 2 heteroatoms. The van der Waals surface area contributed by atoms with Crippen LogP contribution >= 0.6 is 11.8 Å². The maximum absolute atomic E-state index is 4.68. The molecule has 0 amide bonds. The van der Waals surface area contributed by atoms with Crippen molar-refractivity contribution in [1.82, 2.24) is 4.98 Å². The summed E-state index contributed by atoms with van der Waals surface area (Å²) in [5.74, 6) is 0.970. The summed E-state index contributed by atoms with van der Waals surface area (Å²) < 4.78 is 0. The fourth-order valence-electron chi connectivity index (χ4n) is 2.05. The summed E-state index contributed by atoms with van der Waals surface area (Å²) in [6.07, 6.45) is 0. The number of hydrogen-bond donors (Lipinski definition) is 0. The van der Waals surface area contributed by atoms with Crippen LogP contribution in [-0.2, 0) is 5.75 Å². The Morgan fingerprint density at radius 3 is 2.58 bits per heavy atom. The highest BCUT2D eigenvalue weighted by Crippen LogP contribution is 2.24. The summed E-state index contributed by atoms with van der Waals surface area (Å²) in [4.78, 5) is 4.68. The third-order valence-corrected chi connectivity index (χ3v) is 4.19. The van der Waals surface area contributed by atoms with E-state index < -0.39 is 0 Å². The highest BCUT2D eigenvalue weighted by atomic mass is 32.2. The summed E-state index contributed by atoms with van der Waals surface area (Å²) >= 11 is 1.79. The number of pyridine rings is 1. The Balaban J connectivity index is 1.80. The quantitative estimate of drug-likeness (QED) is 0.629. The van der Waals surface area contributed by atoms with Gasteiger partial charge in [0.2, 0.25) is 0 Å². The smallest absolute Gasteiger partial charge is 0.0970 e. The van der Waals surface area contributed by atoms with Crippen LogP contribution in [0.25, 0.3) is 10.9 Å². The van der Waals surface area contributed by atoms with Crippen molar-refractivity contribution in [3.05, 3.63) is 71.8 Å². The second-order valence-corrected chi connectivity index (χ2v) is 5.55. The zero-order chi connectivity index (χ0) is 13.1. The van der Waals surface area contributed by atoms with Gasteiger partial charge in [-0.25, -0.2) is 4.98 Å². The summed E-state index contributed by atoms with van der Waals surface area (Å²) in [6.45, 7) is 2.16. The van der Waals surface area contributed by atoms with E-state index in [1.54, 1.807) is 11.8 Å². The van der Waals surface area contributed by atoms with Gasteiger partial charge in [-0.15, -0.1) is 11.8 Å². The highest BCUT2D eigenvalue weighted by Gasteiger charge is 2.01. The van der Waals surface area contributed by atoms with Gasteiger partial charge in [-0.05, 0) is 30.2 Å². The molecule has 0 unspecified atom stereocenters. The Morgan fingerprint density at radius 2 is 1.68 bits per heavy atom. The van der Waals surface area contributed by atoms with E-state index in [9.17, 15) is 0 Å². The largest absolute Gasteiger partial charge is 0.241 e. The van der Waals surface area contributed by atoms with Crippen molar-refractivity contribution in [2.45, 2.75) is 17.7 Å². The average molecular weight is 265 g/mol. The normalized spacial score (nSPS) is 10.8. The fourth-order valence-corrected chi connectivity index (χ4v) is 3.01. The molecule has 0 aliphatic heterocycles. The predicted molar refractivity (Wildman–Crippen MR) is 82.5 cm³/mol. The van der Waals surface area contributed by atoms with Crippen LogP contribution in [0.2, 0.25) is 0 Å². The maximum Gasteiger partial charge on any atom is 0.0970 e. The molecule has 0 fully saturated rings. The van der Waals surface area contributed by atoms with E-state index in [-0.39, 0.29) is 0 Å². The van der Waals surface area contributed by atoms with Crippen LogP contribution in [0.1, 0.15) is 11.1 Å². The average Bonchev–Trinajstić information content (AvgIpc) is 2.46. The second kappa shape index (κ2) is 5.45. The molecule has 1 nitrogen and oxygen atoms in total. The monoisotopic (exact) mass is 265 g/mol. The van der Waals surface area contributed by atoms with Crippen LogP contribution in [0.3, 0.4) is 0 Å². The molecule has 0 spiro atoms. The van der Waals surface area contributed by atoms with Crippen LogP contribution < -0.4 is 0 Å². The van der Waals surface area contributed by atoms with Crippen LogP contribution in [0.4, 0.5) is 0 Å². The van der Waals surface area contributed by atoms with E-state index in [2.05, 4.69) is 60.4 Å². The van der Waals surface area contributed by atoms with E-state index in [0.717, 1.165) is 16.3 Å². The van der Waals surface area contributed by atoms with E-state index in [4.69, 9.17) is 0 Å². The molecule has 1 aromatic heterocycles. The van der Waals surface area contributed by atoms with E-state index in [1.165, 1.54) is 16.5 Å². The lowest BCUT2D eigenvalue weighted by molar-refractivity contribution is 1.18. The molecular weight excluding hydrogens is 250 g/mol. The minimum absolute atomic E-state index is 0.970. The molecule has 0 bridgehead atoms. The van der Waals surface area contributed by atoms with Gasteiger partial charge in [-0.2, -0.15) is 0 Å². The number of nitrogens with zero attached hydrogens (tertiary/aromatic N) is 1. The SMILES string of the molecule is Cc1ccccc1CSc1ccc2ccccc2n1. The molecular formula is C17H15NS. The molecule has 2 aromatic carbocycles. The number of rotatable bonds is 3. The molecule has 19 heavy (non-hydrogen) atoms. The molecule has 0 N–H and O–H groups in total. The second-order valence-electron chi connectivity index (χ2n) is 4.56. The van der Waals surface area contributed by atoms with Crippen LogP contribution in [-0.4, -0.2) is 4.98 Å². The molecule has 0 saturated carbocycles. The zero-order valence-corrected chi connectivity index (χ0v) is 11.7. The van der Waals surface area contributed by atoms with E-state index in [0.29, 0.717) is 0 Å². The Kier molecular flexibility index (Phi) is 3.51. The zero-order valence-electron chi connectivity index (χ0n) is 10.8. The number of fused-ring (bicyclic) bond motifs is 1. The first kappa shape index (κ1) is 12.2. The standard InChI is InChI=1S/C17H15NS/c1-13-6-2-3-8-15(13)12-19-17-11-10-14-7-4-5-9-16(14)18-17/h2-11H,12H2,1H3. The molecule has 0 atom stereocenters. The lowest BCUT2D eigenvalue weighted by Crippen LogP contribution is -1.87. The third kappa shape index (κ3) is 2.79. The van der Waals surface area contributed by atoms with Crippen molar-refractivity contribution in [2.24, 2.45) is 0 Å². The molecule has 0 saturated heterocycles. The number of aryl methyl sites for hydroxylation is 1. The first-order valence-corrected chi connectivity index (χ1v) is 7.34. The summed E-state index contributed by atoms with van der Waals surface area (Å²) in [5.41, 5.74) is 3.79. The van der Waals surface area contributed by atoms with Gasteiger partial charge in [0.05, 0.1) is 10.5 Å². The van der Waals surface area contributed by atoms with Crippen LogP contribution in [0.15, 0.2) is 65.7 Å². The summed E-state index contributed by atoms with van der Waals surface area (Å²) in [7, 11) is 0. The highest BCUT2D eigenvalue weighted by molar-refractivity contribution is 7.98. The number of hydrogen-bond acceptors (Lipinski definition) is 2. The third-order valence-electron chi connectivity index (χ3n) is 3.21. The summed E-state index contributed by atoms with van der Waals surface area (Å²) in [5, 5.41) is 2.28. The van der Waals surface area contributed by atoms with Crippen molar-refractivity contribution in [3.8, 4) is 0 Å². The van der Waals surface area contributed by atoms with Crippen molar-refractivity contribution in [2.75, 3.05) is 0 Å². The molecule has 0 radical (unpaired) electrons. The van der Waals surface area contributed by atoms with Gasteiger partial charge < -0.3 is 0 Å². The molecule has 0 aliphatic rings. The Morgan fingerprint density at radius 1 is 0.895 bits per heavy atom. The number of benzene rings is 2. The lowest BCUT2D eigenvalue weighted by Gasteiger charge is -2.05. The topological polar surface area (TPSA) is 12.9 Å². The lowest BCUT2D eigenvalue weighted by atomic mass is 10.1. The first-order chi connectivity index (χ1) is 9.33. The maximum atomic E-state index is 4.68. The molecule has 1 heterocycles. The van der Waals surface area contributed by atoms with Crippen molar-refractivity contribution in [3.63, 3.8) is 0 Å². The van der Waals surface area contributed by atoms with Crippen molar-refractivity contribution < 1.29 is 0 Å². The number of thioether (sulfide) groups is 1. The van der Waals surface area contributed by atoms with Gasteiger partial charge >= 0.3 is 0 Å². The summed E-state index contributed by atoms with van der Waals surface area (Å²) in [6, 6.07) is 21.0. The molecule has 3 aromatic rings. The molecule has 0 aliphatic carbocycles. The van der Waals surface area contributed by atoms with Gasteiger partial charge in [0.25, 0.3) is 0 Å². The van der Waals surface area contributed by atoms with E-state index in [1.807, 2.05) is 12.1 Å². The van der Waals surface area contributed by atoms with Gasteiger partial charge in [-0.1, -0.05) is 48.5 Å². The van der Waals surface area contributed by atoms with Gasteiger partial charge in [-0.3, -0.25) is 0 Å². The van der Waals surface area contributed by atoms with Crippen molar-refractivity contribution >= 4 is 22.7 Å². The minimum atomic E-state index is 0.970. The van der Waals surface area contributed by atoms with Crippen LogP contribution in [0.5, 0.6) is 0 Å². The van der Waals surface area contributed by atoms with E-state index >= 15 is 0 Å². The Bertz CT molecular complexity index is 706. The number of para-hydroxylation sites is 1. The van der Waals surface area contributed by atoms with Crippen LogP contribution in [0, 0.1) is 6.92 Å². The van der Waals surface area contributed by atoms with Gasteiger partial charge in [0.1, 0.15) is 0 Å². The predicted octanol–water partition coefficient (Wildman–Crippen LogP) is 4.84. The number of aromatic nitrogens is 1.